The van der Waals surface area contributed by atoms with E-state index in [1.807, 2.05) is 12.1 Å². The van der Waals surface area contributed by atoms with Gasteiger partial charge >= 0.3 is 0 Å². The van der Waals surface area contributed by atoms with E-state index >= 15 is 0 Å². The molecule has 0 amide bonds. The minimum absolute atomic E-state index is 0.0999. The van der Waals surface area contributed by atoms with Crippen molar-refractivity contribution in [1.82, 2.24) is 4.90 Å². The topological polar surface area (TPSA) is 29.3 Å². The fourth-order valence-electron chi connectivity index (χ4n) is 3.61. The molecule has 1 saturated carbocycles. The Labute approximate surface area is 108 Å². The quantitative estimate of drug-likeness (QED) is 0.890. The largest absolute Gasteiger partial charge is 0.326 e. The van der Waals surface area contributed by atoms with E-state index in [1.54, 1.807) is 6.07 Å². The molecule has 0 bridgehead atoms. The number of nitrogens with two attached hydrogens (primary N) is 1. The molecule has 2 atom stereocenters. The van der Waals surface area contributed by atoms with E-state index in [0.29, 0.717) is 5.56 Å². The van der Waals surface area contributed by atoms with Crippen LogP contribution in [-0.2, 0) is 13.1 Å². The molecule has 2 aliphatic rings. The summed E-state index contributed by atoms with van der Waals surface area (Å²) in [6.07, 6.45) is 4.12. The normalized spacial score (nSPS) is 27.7. The Morgan fingerprint density at radius 2 is 1.83 bits per heavy atom. The Morgan fingerprint density at radius 1 is 1.17 bits per heavy atom. The van der Waals surface area contributed by atoms with Gasteiger partial charge < -0.3 is 5.73 Å². The van der Waals surface area contributed by atoms with Gasteiger partial charge in [0.15, 0.2) is 0 Å². The van der Waals surface area contributed by atoms with E-state index in [1.165, 1.54) is 19.3 Å². The number of hydrogen-bond acceptors (Lipinski definition) is 2. The SMILES string of the molecule is NCc1cccc(CN2CC3CCCC3C2)c1F. The third-order valence-corrected chi connectivity index (χ3v) is 4.57. The summed E-state index contributed by atoms with van der Waals surface area (Å²) in [5, 5.41) is 0. The molecule has 3 rings (SSSR count). The summed E-state index contributed by atoms with van der Waals surface area (Å²) in [5.74, 6) is 1.63. The Bertz CT molecular complexity index is 421. The van der Waals surface area contributed by atoms with Crippen molar-refractivity contribution in [1.29, 1.82) is 0 Å². The van der Waals surface area contributed by atoms with Crippen LogP contribution in [0.3, 0.4) is 0 Å². The maximum absolute atomic E-state index is 14.1. The van der Waals surface area contributed by atoms with Gasteiger partial charge in [0.1, 0.15) is 5.82 Å². The van der Waals surface area contributed by atoms with Gasteiger partial charge in [0.05, 0.1) is 0 Å². The first-order valence-electron chi connectivity index (χ1n) is 6.96. The average Bonchev–Trinajstić information content (AvgIpc) is 2.92. The van der Waals surface area contributed by atoms with E-state index in [0.717, 1.165) is 37.0 Å². The van der Waals surface area contributed by atoms with Gasteiger partial charge in [-0.1, -0.05) is 24.6 Å². The average molecular weight is 248 g/mol. The second-order valence-electron chi connectivity index (χ2n) is 5.74. The van der Waals surface area contributed by atoms with Crippen molar-refractivity contribution in [2.45, 2.75) is 32.4 Å². The van der Waals surface area contributed by atoms with E-state index in [2.05, 4.69) is 4.90 Å². The molecule has 2 N–H and O–H groups in total. The van der Waals surface area contributed by atoms with E-state index in [-0.39, 0.29) is 12.4 Å². The van der Waals surface area contributed by atoms with Gasteiger partial charge in [0.25, 0.3) is 0 Å². The Hall–Kier alpha value is -0.930. The molecule has 2 nitrogen and oxygen atoms in total. The summed E-state index contributed by atoms with van der Waals surface area (Å²) in [6.45, 7) is 3.32. The first-order valence-corrected chi connectivity index (χ1v) is 6.96. The molecule has 1 aliphatic carbocycles. The molecular formula is C15H21FN2. The summed E-state index contributed by atoms with van der Waals surface area (Å²) in [6, 6.07) is 5.58. The van der Waals surface area contributed by atoms with Crippen molar-refractivity contribution < 1.29 is 4.39 Å². The first kappa shape index (κ1) is 12.1. The van der Waals surface area contributed by atoms with Crippen LogP contribution in [0, 0.1) is 17.7 Å². The number of halogens is 1. The van der Waals surface area contributed by atoms with Gasteiger partial charge in [0.2, 0.25) is 0 Å². The highest BCUT2D eigenvalue weighted by Crippen LogP contribution is 2.38. The lowest BCUT2D eigenvalue weighted by Crippen LogP contribution is -2.22. The lowest BCUT2D eigenvalue weighted by Gasteiger charge is -2.18. The zero-order valence-corrected chi connectivity index (χ0v) is 10.7. The van der Waals surface area contributed by atoms with Crippen LogP contribution in [-0.4, -0.2) is 18.0 Å². The molecule has 0 spiro atoms. The van der Waals surface area contributed by atoms with Gasteiger partial charge in [0, 0.05) is 37.3 Å². The Balaban J connectivity index is 1.70. The molecule has 0 radical (unpaired) electrons. The predicted molar refractivity (Wildman–Crippen MR) is 70.4 cm³/mol. The standard InChI is InChI=1S/C15H21FN2/c16-15-11(7-17)3-1-6-14(15)10-18-8-12-4-2-5-13(12)9-18/h1,3,6,12-13H,2,4-5,7-10,17H2. The second kappa shape index (κ2) is 4.98. The highest BCUT2D eigenvalue weighted by molar-refractivity contribution is 5.26. The molecule has 1 heterocycles. The minimum atomic E-state index is -0.0999. The molecule has 2 fully saturated rings. The zero-order valence-electron chi connectivity index (χ0n) is 10.7. The maximum atomic E-state index is 14.1. The van der Waals surface area contributed by atoms with Crippen molar-refractivity contribution in [2.75, 3.05) is 13.1 Å². The fraction of sp³-hybridized carbons (Fsp3) is 0.600. The molecule has 2 unspecified atom stereocenters. The molecule has 1 aromatic rings. The second-order valence-corrected chi connectivity index (χ2v) is 5.74. The summed E-state index contributed by atoms with van der Waals surface area (Å²) < 4.78 is 14.1. The minimum Gasteiger partial charge on any atom is -0.326 e. The molecule has 1 saturated heterocycles. The summed E-state index contributed by atoms with van der Waals surface area (Å²) in [7, 11) is 0. The van der Waals surface area contributed by atoms with Crippen molar-refractivity contribution in [3.63, 3.8) is 0 Å². The number of hydrogen-bond donors (Lipinski definition) is 1. The number of rotatable bonds is 3. The zero-order chi connectivity index (χ0) is 12.5. The van der Waals surface area contributed by atoms with E-state index in [9.17, 15) is 4.39 Å². The van der Waals surface area contributed by atoms with Crippen molar-refractivity contribution in [3.05, 3.63) is 35.1 Å². The molecule has 18 heavy (non-hydrogen) atoms. The smallest absolute Gasteiger partial charge is 0.132 e. The number of fused-ring (bicyclic) bond motifs is 1. The number of benzene rings is 1. The van der Waals surface area contributed by atoms with Crippen molar-refractivity contribution >= 4 is 0 Å². The van der Waals surface area contributed by atoms with Crippen LogP contribution in [0.2, 0.25) is 0 Å². The monoisotopic (exact) mass is 248 g/mol. The van der Waals surface area contributed by atoms with Crippen LogP contribution in [0.25, 0.3) is 0 Å². The predicted octanol–water partition coefficient (Wildman–Crippen LogP) is 2.52. The highest BCUT2D eigenvalue weighted by Gasteiger charge is 2.35. The van der Waals surface area contributed by atoms with Crippen LogP contribution >= 0.6 is 0 Å². The van der Waals surface area contributed by atoms with Crippen LogP contribution in [0.5, 0.6) is 0 Å². The lowest BCUT2D eigenvalue weighted by atomic mass is 10.0. The van der Waals surface area contributed by atoms with Crippen molar-refractivity contribution in [2.24, 2.45) is 17.6 Å². The summed E-state index contributed by atoms with van der Waals surface area (Å²) in [5.41, 5.74) is 6.98. The van der Waals surface area contributed by atoms with E-state index < -0.39 is 0 Å². The molecule has 98 valence electrons. The molecule has 3 heteroatoms. The molecule has 1 aromatic carbocycles. The first-order chi connectivity index (χ1) is 8.78. The van der Waals surface area contributed by atoms with Crippen LogP contribution in [0.1, 0.15) is 30.4 Å². The van der Waals surface area contributed by atoms with Gasteiger partial charge in [-0.3, -0.25) is 4.90 Å². The molecule has 0 aromatic heterocycles. The van der Waals surface area contributed by atoms with Crippen LogP contribution in [0.15, 0.2) is 18.2 Å². The van der Waals surface area contributed by atoms with Gasteiger partial charge in [-0.25, -0.2) is 4.39 Å². The fourth-order valence-corrected chi connectivity index (χ4v) is 3.61. The number of nitrogens with zero attached hydrogens (tertiary/aromatic N) is 1. The summed E-state index contributed by atoms with van der Waals surface area (Å²) >= 11 is 0. The highest BCUT2D eigenvalue weighted by atomic mass is 19.1. The lowest BCUT2D eigenvalue weighted by molar-refractivity contribution is 0.298. The van der Waals surface area contributed by atoms with Crippen LogP contribution in [0.4, 0.5) is 4.39 Å². The third kappa shape index (κ3) is 2.17. The van der Waals surface area contributed by atoms with E-state index in [4.69, 9.17) is 5.73 Å². The molecule has 1 aliphatic heterocycles. The summed E-state index contributed by atoms with van der Waals surface area (Å²) in [4.78, 5) is 2.41. The maximum Gasteiger partial charge on any atom is 0.132 e. The van der Waals surface area contributed by atoms with Gasteiger partial charge in [-0.2, -0.15) is 0 Å². The number of likely N-dealkylation sites (tertiary alicyclic amines) is 1. The van der Waals surface area contributed by atoms with Gasteiger partial charge in [-0.15, -0.1) is 0 Å². The Kier molecular flexibility index (Phi) is 3.35. The molecular weight excluding hydrogens is 227 g/mol. The Morgan fingerprint density at radius 3 is 2.50 bits per heavy atom. The van der Waals surface area contributed by atoms with Crippen molar-refractivity contribution in [3.8, 4) is 0 Å². The van der Waals surface area contributed by atoms with Crippen LogP contribution < -0.4 is 5.73 Å². The van der Waals surface area contributed by atoms with Gasteiger partial charge in [-0.05, 0) is 24.7 Å². The third-order valence-electron chi connectivity index (χ3n) is 4.57.